The van der Waals surface area contributed by atoms with E-state index in [1.54, 1.807) is 6.20 Å². The fourth-order valence-corrected chi connectivity index (χ4v) is 2.90. The van der Waals surface area contributed by atoms with Gasteiger partial charge in [0.1, 0.15) is 18.0 Å². The number of amides is 1. The third-order valence-corrected chi connectivity index (χ3v) is 4.23. The van der Waals surface area contributed by atoms with Crippen molar-refractivity contribution in [2.75, 3.05) is 6.61 Å². The summed E-state index contributed by atoms with van der Waals surface area (Å²) < 4.78 is 7.65. The SMILES string of the molecule is CCCC[C@H](NC(=O)[C@@H]1CCO[C@H]1c1nccn1CC)C(=O)O. The van der Waals surface area contributed by atoms with Crippen molar-refractivity contribution in [3.05, 3.63) is 18.2 Å². The number of imidazole rings is 1. The van der Waals surface area contributed by atoms with E-state index in [1.807, 2.05) is 24.6 Å². The van der Waals surface area contributed by atoms with Crippen LogP contribution in [-0.2, 0) is 20.9 Å². The zero-order valence-corrected chi connectivity index (χ0v) is 13.7. The number of carboxylic acids is 1. The van der Waals surface area contributed by atoms with Gasteiger partial charge in [0.05, 0.1) is 5.92 Å². The van der Waals surface area contributed by atoms with E-state index in [9.17, 15) is 14.7 Å². The normalized spacial score (nSPS) is 22.0. The second-order valence-corrected chi connectivity index (χ2v) is 5.80. The predicted octanol–water partition coefficient (Wildman–Crippen LogP) is 1.74. The summed E-state index contributed by atoms with van der Waals surface area (Å²) in [6.45, 7) is 5.22. The molecule has 0 saturated carbocycles. The Kier molecular flexibility index (Phi) is 6.15. The highest BCUT2D eigenvalue weighted by Crippen LogP contribution is 2.34. The number of hydrogen-bond donors (Lipinski definition) is 2. The molecule has 0 aromatic carbocycles. The first-order chi connectivity index (χ1) is 11.1. The van der Waals surface area contributed by atoms with Gasteiger partial charge >= 0.3 is 5.97 Å². The largest absolute Gasteiger partial charge is 0.480 e. The van der Waals surface area contributed by atoms with Crippen LogP contribution in [0.25, 0.3) is 0 Å². The molecule has 0 unspecified atom stereocenters. The van der Waals surface area contributed by atoms with Crippen LogP contribution in [0.3, 0.4) is 0 Å². The number of ether oxygens (including phenoxy) is 1. The number of rotatable bonds is 8. The van der Waals surface area contributed by atoms with E-state index in [0.717, 1.165) is 25.2 Å². The van der Waals surface area contributed by atoms with Gasteiger partial charge in [0.2, 0.25) is 5.91 Å². The molecule has 1 amide bonds. The molecule has 2 N–H and O–H groups in total. The fraction of sp³-hybridized carbons (Fsp3) is 0.688. The zero-order chi connectivity index (χ0) is 16.8. The zero-order valence-electron chi connectivity index (χ0n) is 13.7. The number of unbranched alkanes of at least 4 members (excludes halogenated alkanes) is 1. The summed E-state index contributed by atoms with van der Waals surface area (Å²) in [5.41, 5.74) is 0. The van der Waals surface area contributed by atoms with Crippen LogP contribution in [-0.4, -0.2) is 39.2 Å². The second-order valence-electron chi connectivity index (χ2n) is 5.80. The molecule has 0 radical (unpaired) electrons. The Morgan fingerprint density at radius 2 is 2.30 bits per heavy atom. The summed E-state index contributed by atoms with van der Waals surface area (Å²) in [4.78, 5) is 28.1. The van der Waals surface area contributed by atoms with Crippen LogP contribution in [0.2, 0.25) is 0 Å². The number of aliphatic carboxylic acids is 1. The van der Waals surface area contributed by atoms with E-state index in [2.05, 4.69) is 10.3 Å². The van der Waals surface area contributed by atoms with Crippen LogP contribution >= 0.6 is 0 Å². The highest BCUT2D eigenvalue weighted by atomic mass is 16.5. The molecule has 0 spiro atoms. The van der Waals surface area contributed by atoms with E-state index < -0.39 is 24.0 Å². The van der Waals surface area contributed by atoms with Crippen molar-refractivity contribution in [1.82, 2.24) is 14.9 Å². The molecule has 1 aromatic rings. The first-order valence-electron chi connectivity index (χ1n) is 8.24. The van der Waals surface area contributed by atoms with E-state index in [1.165, 1.54) is 0 Å². The van der Waals surface area contributed by atoms with Crippen LogP contribution in [0, 0.1) is 5.92 Å². The Morgan fingerprint density at radius 1 is 1.52 bits per heavy atom. The van der Waals surface area contributed by atoms with Gasteiger partial charge in [0.15, 0.2) is 0 Å². The number of hydrogen-bond acceptors (Lipinski definition) is 4. The average Bonchev–Trinajstić information content (AvgIpc) is 3.18. The molecule has 1 aromatic heterocycles. The minimum Gasteiger partial charge on any atom is -0.480 e. The monoisotopic (exact) mass is 323 g/mol. The molecule has 1 aliphatic rings. The maximum absolute atomic E-state index is 12.5. The smallest absolute Gasteiger partial charge is 0.326 e. The predicted molar refractivity (Wildman–Crippen MR) is 83.8 cm³/mol. The van der Waals surface area contributed by atoms with Crippen molar-refractivity contribution in [2.24, 2.45) is 5.92 Å². The molecule has 7 heteroatoms. The van der Waals surface area contributed by atoms with Gasteiger partial charge in [-0.25, -0.2) is 9.78 Å². The van der Waals surface area contributed by atoms with Crippen molar-refractivity contribution in [3.63, 3.8) is 0 Å². The second kappa shape index (κ2) is 8.10. The lowest BCUT2D eigenvalue weighted by atomic mass is 9.98. The first kappa shape index (κ1) is 17.5. The molecule has 0 bridgehead atoms. The van der Waals surface area contributed by atoms with Gasteiger partial charge in [0.25, 0.3) is 0 Å². The standard InChI is InChI=1S/C16H25N3O4/c1-3-5-6-12(16(21)22)18-15(20)11-7-10-23-13(11)14-17-8-9-19(14)4-2/h8-9,11-13H,3-7,10H2,1-2H3,(H,18,20)(H,21,22)/t11-,12+,13-/m1/s1. The van der Waals surface area contributed by atoms with Gasteiger partial charge in [-0.05, 0) is 19.8 Å². The number of carbonyl (C=O) groups is 2. The molecule has 3 atom stereocenters. The van der Waals surface area contributed by atoms with Crippen LogP contribution in [0.4, 0.5) is 0 Å². The molecule has 1 aliphatic heterocycles. The summed E-state index contributed by atoms with van der Waals surface area (Å²) in [5.74, 6) is -0.921. The minimum absolute atomic E-state index is 0.262. The fourth-order valence-electron chi connectivity index (χ4n) is 2.90. The van der Waals surface area contributed by atoms with Crippen LogP contribution in [0.5, 0.6) is 0 Å². The molecule has 7 nitrogen and oxygen atoms in total. The van der Waals surface area contributed by atoms with Crippen LogP contribution < -0.4 is 5.32 Å². The highest BCUT2D eigenvalue weighted by molar-refractivity contribution is 5.85. The number of aryl methyl sites for hydroxylation is 1. The van der Waals surface area contributed by atoms with Gasteiger partial charge in [-0.3, -0.25) is 4.79 Å². The van der Waals surface area contributed by atoms with E-state index >= 15 is 0 Å². The molecule has 128 valence electrons. The lowest BCUT2D eigenvalue weighted by molar-refractivity contribution is -0.143. The number of carbonyl (C=O) groups excluding carboxylic acids is 1. The van der Waals surface area contributed by atoms with Gasteiger partial charge in [-0.1, -0.05) is 19.8 Å². The molecular weight excluding hydrogens is 298 g/mol. The van der Waals surface area contributed by atoms with Crippen molar-refractivity contribution < 1.29 is 19.4 Å². The van der Waals surface area contributed by atoms with E-state index in [4.69, 9.17) is 4.74 Å². The quantitative estimate of drug-likeness (QED) is 0.760. The van der Waals surface area contributed by atoms with Crippen molar-refractivity contribution in [3.8, 4) is 0 Å². The maximum atomic E-state index is 12.5. The number of nitrogens with one attached hydrogen (secondary N) is 1. The van der Waals surface area contributed by atoms with Gasteiger partial charge in [-0.15, -0.1) is 0 Å². The molecular formula is C16H25N3O4. The Morgan fingerprint density at radius 3 is 2.96 bits per heavy atom. The molecule has 0 aliphatic carbocycles. The molecule has 1 saturated heterocycles. The molecule has 2 heterocycles. The summed E-state index contributed by atoms with van der Waals surface area (Å²) >= 11 is 0. The Hall–Kier alpha value is -1.89. The third kappa shape index (κ3) is 4.10. The summed E-state index contributed by atoms with van der Waals surface area (Å²) in [7, 11) is 0. The van der Waals surface area contributed by atoms with E-state index in [-0.39, 0.29) is 5.91 Å². The van der Waals surface area contributed by atoms with Crippen LogP contribution in [0.1, 0.15) is 51.5 Å². The first-order valence-corrected chi connectivity index (χ1v) is 8.24. The Bertz CT molecular complexity index is 543. The maximum Gasteiger partial charge on any atom is 0.326 e. The number of aromatic nitrogens is 2. The topological polar surface area (TPSA) is 93.5 Å². The van der Waals surface area contributed by atoms with Gasteiger partial charge in [-0.2, -0.15) is 0 Å². The average molecular weight is 323 g/mol. The lowest BCUT2D eigenvalue weighted by Crippen LogP contribution is -2.44. The number of carboxylic acid groups (broad SMARTS) is 1. The third-order valence-electron chi connectivity index (χ3n) is 4.23. The lowest BCUT2D eigenvalue weighted by Gasteiger charge is -2.21. The Labute approximate surface area is 136 Å². The summed E-state index contributed by atoms with van der Waals surface area (Å²) in [6.07, 6.45) is 5.81. The molecule has 2 rings (SSSR count). The van der Waals surface area contributed by atoms with Crippen LogP contribution in [0.15, 0.2) is 12.4 Å². The molecule has 1 fully saturated rings. The van der Waals surface area contributed by atoms with Gasteiger partial charge < -0.3 is 19.7 Å². The summed E-state index contributed by atoms with van der Waals surface area (Å²) in [6, 6.07) is -0.838. The van der Waals surface area contributed by atoms with Gasteiger partial charge in [0, 0.05) is 25.5 Å². The summed E-state index contributed by atoms with van der Waals surface area (Å²) in [5, 5.41) is 11.9. The highest BCUT2D eigenvalue weighted by Gasteiger charge is 2.38. The van der Waals surface area contributed by atoms with Crippen molar-refractivity contribution in [2.45, 2.75) is 58.2 Å². The number of nitrogens with zero attached hydrogens (tertiary/aromatic N) is 2. The Balaban J connectivity index is 2.06. The van der Waals surface area contributed by atoms with Crippen molar-refractivity contribution in [1.29, 1.82) is 0 Å². The van der Waals surface area contributed by atoms with E-state index in [0.29, 0.717) is 19.4 Å². The van der Waals surface area contributed by atoms with Crippen molar-refractivity contribution >= 4 is 11.9 Å². The molecule has 23 heavy (non-hydrogen) atoms. The minimum atomic E-state index is -0.989.